The zero-order chi connectivity index (χ0) is 22.4. The maximum atomic E-state index is 10.9. The Bertz CT molecular complexity index is 1260. The molecule has 4 aromatic rings. The Morgan fingerprint density at radius 1 is 0.968 bits per heavy atom. The molecule has 7 nitrogen and oxygen atoms in total. The van der Waals surface area contributed by atoms with Gasteiger partial charge in [0.1, 0.15) is 11.3 Å². The van der Waals surface area contributed by atoms with Crippen molar-refractivity contribution in [2.45, 2.75) is 52.4 Å². The molecule has 2 aromatic carbocycles. The number of para-hydroxylation sites is 1. The van der Waals surface area contributed by atoms with Gasteiger partial charge in [-0.25, -0.2) is 5.43 Å². The maximum absolute atomic E-state index is 10.9. The summed E-state index contributed by atoms with van der Waals surface area (Å²) in [7, 11) is 0. The smallest absolute Gasteiger partial charge is 0.265 e. The first-order chi connectivity index (χ1) is 14.5. The second-order valence-corrected chi connectivity index (χ2v) is 9.84. The third-order valence-corrected chi connectivity index (χ3v) is 5.25. The first-order valence-electron chi connectivity index (χ1n) is 10.3. The highest BCUT2D eigenvalue weighted by molar-refractivity contribution is 6.03. The van der Waals surface area contributed by atoms with E-state index in [1.165, 1.54) is 0 Å². The number of anilines is 1. The van der Waals surface area contributed by atoms with Gasteiger partial charge in [-0.2, -0.15) is 10.1 Å². The Hall–Kier alpha value is -3.48. The zero-order valence-electron chi connectivity index (χ0n) is 18.8. The summed E-state index contributed by atoms with van der Waals surface area (Å²) in [6.07, 6.45) is 1.71. The fraction of sp³-hybridized carbons (Fsp3) is 0.333. The fourth-order valence-electron chi connectivity index (χ4n) is 3.61. The van der Waals surface area contributed by atoms with Crippen LogP contribution in [0.1, 0.15) is 58.2 Å². The SMILES string of the molecule is CC(C)(C)c1cc(/C=N/Nc2nnc3c(n2)[nH]c2ccccc23)cc(C(C)(C)C)c1O. The molecule has 0 amide bonds. The minimum absolute atomic E-state index is 0.199. The topological polar surface area (TPSA) is 99.1 Å². The fourth-order valence-corrected chi connectivity index (χ4v) is 3.61. The average molecular weight is 417 g/mol. The number of fused-ring (bicyclic) bond motifs is 3. The summed E-state index contributed by atoms with van der Waals surface area (Å²) >= 11 is 0. The molecular formula is C24H28N6O. The van der Waals surface area contributed by atoms with E-state index in [9.17, 15) is 5.11 Å². The lowest BCUT2D eigenvalue weighted by Crippen LogP contribution is -2.18. The van der Waals surface area contributed by atoms with Gasteiger partial charge in [0, 0.05) is 22.0 Å². The van der Waals surface area contributed by atoms with Gasteiger partial charge in [-0.3, -0.25) is 0 Å². The van der Waals surface area contributed by atoms with Crippen LogP contribution in [0.15, 0.2) is 41.5 Å². The van der Waals surface area contributed by atoms with Crippen LogP contribution in [-0.2, 0) is 10.8 Å². The molecule has 0 atom stereocenters. The van der Waals surface area contributed by atoms with E-state index in [1.54, 1.807) is 6.21 Å². The van der Waals surface area contributed by atoms with Crippen molar-refractivity contribution in [1.29, 1.82) is 0 Å². The molecule has 0 unspecified atom stereocenters. The number of rotatable bonds is 3. The molecule has 2 aromatic heterocycles. The van der Waals surface area contributed by atoms with Crippen LogP contribution in [0.3, 0.4) is 0 Å². The summed E-state index contributed by atoms with van der Waals surface area (Å²) in [6.45, 7) is 12.5. The molecule has 0 saturated heterocycles. The number of nitrogens with zero attached hydrogens (tertiary/aromatic N) is 4. The summed E-state index contributed by atoms with van der Waals surface area (Å²) in [6, 6.07) is 11.8. The Labute approximate surface area is 181 Å². The highest BCUT2D eigenvalue weighted by Gasteiger charge is 2.26. The molecule has 0 aliphatic rings. The molecule has 7 heteroatoms. The van der Waals surface area contributed by atoms with E-state index in [0.29, 0.717) is 17.3 Å². The van der Waals surface area contributed by atoms with Gasteiger partial charge in [-0.15, -0.1) is 10.2 Å². The molecule has 0 fully saturated rings. The number of aromatic hydroxyl groups is 1. The average Bonchev–Trinajstić information content (AvgIpc) is 3.05. The minimum atomic E-state index is -0.199. The predicted molar refractivity (Wildman–Crippen MR) is 126 cm³/mol. The molecule has 0 saturated carbocycles. The van der Waals surface area contributed by atoms with E-state index < -0.39 is 0 Å². The standard InChI is InChI=1S/C24H28N6O/c1-23(2,3)16-11-14(12-17(20(16)31)24(4,5)6)13-25-29-22-27-21-19(28-30-22)15-9-7-8-10-18(15)26-21/h7-13,31H,1-6H3,(H2,26,27,29,30)/b25-13+. The first-order valence-corrected chi connectivity index (χ1v) is 10.3. The Balaban J connectivity index is 1.64. The number of phenols is 1. The van der Waals surface area contributed by atoms with Crippen LogP contribution in [0.5, 0.6) is 5.75 Å². The summed E-state index contributed by atoms with van der Waals surface area (Å²) < 4.78 is 0. The molecular weight excluding hydrogens is 388 g/mol. The second kappa shape index (κ2) is 7.34. The van der Waals surface area contributed by atoms with Crippen LogP contribution >= 0.6 is 0 Å². The van der Waals surface area contributed by atoms with E-state index >= 15 is 0 Å². The monoisotopic (exact) mass is 416 g/mol. The van der Waals surface area contributed by atoms with Gasteiger partial charge in [-0.1, -0.05) is 59.7 Å². The molecule has 3 N–H and O–H groups in total. The largest absolute Gasteiger partial charge is 0.507 e. The highest BCUT2D eigenvalue weighted by Crippen LogP contribution is 2.39. The van der Waals surface area contributed by atoms with E-state index in [1.807, 2.05) is 36.4 Å². The van der Waals surface area contributed by atoms with Crippen molar-refractivity contribution in [2.75, 3.05) is 5.43 Å². The Kier molecular flexibility index (Phi) is 4.92. The molecule has 31 heavy (non-hydrogen) atoms. The number of hydrazone groups is 1. The number of phenolic OH excluding ortho intramolecular Hbond substituents is 1. The summed E-state index contributed by atoms with van der Waals surface area (Å²) in [5.41, 5.74) is 7.48. The van der Waals surface area contributed by atoms with Gasteiger partial charge in [0.15, 0.2) is 5.65 Å². The summed E-state index contributed by atoms with van der Waals surface area (Å²) in [4.78, 5) is 7.72. The van der Waals surface area contributed by atoms with Crippen molar-refractivity contribution in [1.82, 2.24) is 20.2 Å². The normalized spacial score (nSPS) is 12.8. The molecule has 2 heterocycles. The number of aromatic amines is 1. The molecule has 160 valence electrons. The van der Waals surface area contributed by atoms with E-state index in [4.69, 9.17) is 0 Å². The van der Waals surface area contributed by atoms with Crippen molar-refractivity contribution in [2.24, 2.45) is 5.10 Å². The van der Waals surface area contributed by atoms with Gasteiger partial charge in [0.2, 0.25) is 0 Å². The number of hydrogen-bond donors (Lipinski definition) is 3. The van der Waals surface area contributed by atoms with Crippen molar-refractivity contribution in [3.05, 3.63) is 53.1 Å². The minimum Gasteiger partial charge on any atom is -0.507 e. The number of hydrogen-bond acceptors (Lipinski definition) is 6. The summed E-state index contributed by atoms with van der Waals surface area (Å²) in [5.74, 6) is 0.656. The number of H-pyrrole nitrogens is 1. The van der Waals surface area contributed by atoms with Crippen molar-refractivity contribution in [3.63, 3.8) is 0 Å². The quantitative estimate of drug-likeness (QED) is 0.313. The van der Waals surface area contributed by atoms with Gasteiger partial charge in [0.25, 0.3) is 5.95 Å². The lowest BCUT2D eigenvalue weighted by molar-refractivity contribution is 0.423. The Morgan fingerprint density at radius 2 is 1.61 bits per heavy atom. The highest BCUT2D eigenvalue weighted by atomic mass is 16.3. The van der Waals surface area contributed by atoms with Crippen LogP contribution in [0, 0.1) is 0 Å². The molecule has 4 rings (SSSR count). The Morgan fingerprint density at radius 3 is 2.26 bits per heavy atom. The molecule has 0 radical (unpaired) electrons. The van der Waals surface area contributed by atoms with Crippen molar-refractivity contribution >= 4 is 34.2 Å². The second-order valence-electron chi connectivity index (χ2n) is 9.84. The predicted octanol–water partition coefficient (Wildman–Crippen LogP) is 5.25. The molecule has 0 aliphatic carbocycles. The maximum Gasteiger partial charge on any atom is 0.265 e. The van der Waals surface area contributed by atoms with Crippen LogP contribution in [0.25, 0.3) is 22.1 Å². The van der Waals surface area contributed by atoms with E-state index in [-0.39, 0.29) is 10.8 Å². The number of nitrogens with one attached hydrogen (secondary N) is 2. The molecule has 0 bridgehead atoms. The number of aromatic nitrogens is 4. The van der Waals surface area contributed by atoms with E-state index in [2.05, 4.69) is 72.2 Å². The van der Waals surface area contributed by atoms with Crippen molar-refractivity contribution < 1.29 is 5.11 Å². The third-order valence-electron chi connectivity index (χ3n) is 5.25. The van der Waals surface area contributed by atoms with Gasteiger partial charge < -0.3 is 10.1 Å². The van der Waals surface area contributed by atoms with Gasteiger partial charge in [-0.05, 0) is 34.6 Å². The third kappa shape index (κ3) is 4.08. The number of benzene rings is 2. The van der Waals surface area contributed by atoms with Crippen LogP contribution in [0.2, 0.25) is 0 Å². The van der Waals surface area contributed by atoms with Crippen LogP contribution < -0.4 is 5.43 Å². The molecule has 0 aliphatic heterocycles. The lowest BCUT2D eigenvalue weighted by atomic mass is 9.78. The van der Waals surface area contributed by atoms with Crippen LogP contribution in [-0.4, -0.2) is 31.5 Å². The summed E-state index contributed by atoms with van der Waals surface area (Å²) in [5, 5.41) is 24.6. The van der Waals surface area contributed by atoms with Gasteiger partial charge >= 0.3 is 0 Å². The van der Waals surface area contributed by atoms with Crippen molar-refractivity contribution in [3.8, 4) is 5.75 Å². The van der Waals surface area contributed by atoms with E-state index in [0.717, 1.165) is 33.1 Å². The van der Waals surface area contributed by atoms with Gasteiger partial charge in [0.05, 0.1) is 6.21 Å². The van der Waals surface area contributed by atoms with Crippen LogP contribution in [0.4, 0.5) is 5.95 Å². The lowest BCUT2D eigenvalue weighted by Gasteiger charge is -2.27. The zero-order valence-corrected chi connectivity index (χ0v) is 18.8. The molecule has 0 spiro atoms. The first kappa shape index (κ1) is 20.8.